The lowest BCUT2D eigenvalue weighted by molar-refractivity contribution is -0.153. The first kappa shape index (κ1) is 54.4. The Morgan fingerprint density at radius 2 is 0.917 bits per heavy atom. The molecule has 2 N–H and O–H groups in total. The zero-order chi connectivity index (χ0) is 51.0. The van der Waals surface area contributed by atoms with Gasteiger partial charge in [-0.25, -0.2) is 4.79 Å². The molecule has 0 aromatic heterocycles. The summed E-state index contributed by atoms with van der Waals surface area (Å²) in [5.41, 5.74) is 6.23. The predicted molar refractivity (Wildman–Crippen MR) is 302 cm³/mol. The van der Waals surface area contributed by atoms with E-state index in [1.165, 1.54) is 0 Å². The molecule has 2 amide bonds. The van der Waals surface area contributed by atoms with Crippen LogP contribution in [0.3, 0.4) is 0 Å². The summed E-state index contributed by atoms with van der Waals surface area (Å²) >= 11 is 3.21. The maximum atomic E-state index is 15.5. The molecule has 7 rings (SSSR count). The Balaban J connectivity index is 1.32. The largest absolute Gasteiger partial charge is 0.461 e. The molecular weight excluding hydrogens is 945 g/mol. The molecule has 1 saturated heterocycles. The van der Waals surface area contributed by atoms with E-state index in [9.17, 15) is 4.79 Å². The molecule has 1 aliphatic rings. The molecule has 0 saturated carbocycles. The fraction of sp³-hybridized carbons (Fsp3) is 0.371. The van der Waals surface area contributed by atoms with Crippen LogP contribution in [0.15, 0.2) is 182 Å². The highest BCUT2D eigenvalue weighted by Crippen LogP contribution is 2.50. The zero-order valence-corrected chi connectivity index (χ0v) is 45.7. The van der Waals surface area contributed by atoms with Crippen LogP contribution in [0.4, 0.5) is 0 Å². The van der Waals surface area contributed by atoms with Crippen LogP contribution in [-0.4, -0.2) is 61.9 Å². The molecule has 1 aliphatic heterocycles. The number of rotatable bonds is 16. The van der Waals surface area contributed by atoms with Crippen LogP contribution in [0.1, 0.15) is 112 Å². The molecule has 6 aromatic carbocycles. The van der Waals surface area contributed by atoms with Gasteiger partial charge in [0.25, 0.3) is 0 Å². The van der Waals surface area contributed by atoms with Crippen molar-refractivity contribution in [1.29, 1.82) is 0 Å². The predicted octanol–water partition coefficient (Wildman–Crippen LogP) is 13.9. The number of cyclic esters (lactones) is 1. The molecule has 0 bridgehead atoms. The van der Waals surface area contributed by atoms with Crippen molar-refractivity contribution in [2.75, 3.05) is 11.5 Å². The Labute approximate surface area is 439 Å². The van der Waals surface area contributed by atoms with Gasteiger partial charge in [-0.1, -0.05) is 229 Å². The molecule has 1 heterocycles. The van der Waals surface area contributed by atoms with Crippen molar-refractivity contribution in [3.63, 3.8) is 0 Å². The van der Waals surface area contributed by atoms with E-state index >= 15 is 9.59 Å². The number of thioether (sulfide) groups is 2. The number of carbonyl (C=O) groups excluding carboxylic acids is 3. The van der Waals surface area contributed by atoms with Gasteiger partial charge in [-0.15, -0.1) is 23.5 Å². The molecule has 4 unspecified atom stereocenters. The third-order valence-electron chi connectivity index (χ3n) is 14.4. The van der Waals surface area contributed by atoms with Gasteiger partial charge in [0, 0.05) is 11.5 Å². The summed E-state index contributed by atoms with van der Waals surface area (Å²) in [6.07, 6.45) is 5.14. The minimum Gasteiger partial charge on any atom is -0.461 e. The Bertz CT molecular complexity index is 2410. The van der Waals surface area contributed by atoms with Crippen LogP contribution in [0, 0.1) is 0 Å². The van der Waals surface area contributed by atoms with E-state index in [0.29, 0.717) is 19.3 Å². The van der Waals surface area contributed by atoms with Crippen LogP contribution in [0.5, 0.6) is 0 Å². The zero-order valence-electron chi connectivity index (χ0n) is 43.1. The van der Waals surface area contributed by atoms with Gasteiger partial charge in [-0.3, -0.25) is 9.59 Å². The minimum atomic E-state index is -2.29. The smallest absolute Gasteiger partial charge is 0.329 e. The summed E-state index contributed by atoms with van der Waals surface area (Å²) in [4.78, 5) is 45.3. The first-order valence-corrected chi connectivity index (χ1v) is 30.7. The number of hydrogen-bond acceptors (Lipinski definition) is 7. The Morgan fingerprint density at radius 3 is 1.29 bits per heavy atom. The summed E-state index contributed by atoms with van der Waals surface area (Å²) in [6.45, 7) is 13.2. The third-order valence-corrected chi connectivity index (χ3v) is 22.2. The average Bonchev–Trinajstić information content (AvgIpc) is 3.39. The van der Waals surface area contributed by atoms with E-state index in [4.69, 9.17) is 9.16 Å². The van der Waals surface area contributed by atoms with E-state index in [1.807, 2.05) is 109 Å². The lowest BCUT2D eigenvalue weighted by Crippen LogP contribution is -2.55. The molecule has 0 aliphatic carbocycles. The van der Waals surface area contributed by atoms with E-state index < -0.39 is 41.8 Å². The summed E-state index contributed by atoms with van der Waals surface area (Å²) < 4.78 is 12.0. The first-order chi connectivity index (χ1) is 34.8. The Hall–Kier alpha value is -5.39. The summed E-state index contributed by atoms with van der Waals surface area (Å²) in [5, 5.41) is 6.44. The number of esters is 1. The quantitative estimate of drug-likeness (QED) is 0.0567. The Kier molecular flexibility index (Phi) is 19.3. The first-order valence-electron chi connectivity index (χ1n) is 25.9. The number of carbonyl (C=O) groups is 3. The maximum Gasteiger partial charge on any atom is 0.329 e. The standard InChI is InChI=1S/C62H74N2O5S2Si/c1-7-29-53-42-27-14-28-43-54(69-72(5,6)60(2,3)4)44-57(65)63-55(45-70-61(47-30-15-8-16-31-47,48-32-17-9-18-33-48)49-34-19-10-20-35-49)58(66)64-56(59(67)68-53)46-71-62(50-36-21-11-22-37-50,51-38-23-12-24-39-51)52-40-25-13-26-41-52/h8-13,15-26,30-41,53-56H,7,14,27-29,42-46H2,1-6H3,(H,63,65)(H,64,66). The topological polar surface area (TPSA) is 93.7 Å². The molecule has 7 nitrogen and oxygen atoms in total. The molecule has 378 valence electrons. The summed E-state index contributed by atoms with van der Waals surface area (Å²) in [7, 11) is -2.29. The number of nitrogens with one attached hydrogen (secondary N) is 2. The lowest BCUT2D eigenvalue weighted by atomic mass is 9.84. The van der Waals surface area contributed by atoms with Gasteiger partial charge in [0.2, 0.25) is 11.8 Å². The van der Waals surface area contributed by atoms with Gasteiger partial charge in [0.1, 0.15) is 18.2 Å². The van der Waals surface area contributed by atoms with Gasteiger partial charge < -0.3 is 19.8 Å². The van der Waals surface area contributed by atoms with E-state index in [-0.39, 0.29) is 41.1 Å². The van der Waals surface area contributed by atoms with Crippen molar-refractivity contribution in [3.8, 4) is 0 Å². The van der Waals surface area contributed by atoms with E-state index in [1.54, 1.807) is 23.5 Å². The van der Waals surface area contributed by atoms with Crippen LogP contribution < -0.4 is 10.6 Å². The number of hydrogen-bond donors (Lipinski definition) is 2. The van der Waals surface area contributed by atoms with Crippen molar-refractivity contribution < 1.29 is 23.5 Å². The summed E-state index contributed by atoms with van der Waals surface area (Å²) in [6, 6.07) is 60.0. The van der Waals surface area contributed by atoms with Crippen molar-refractivity contribution in [3.05, 3.63) is 215 Å². The highest BCUT2D eigenvalue weighted by atomic mass is 32.2. The molecule has 4 atom stereocenters. The number of amides is 2. The maximum absolute atomic E-state index is 15.5. The second-order valence-corrected chi connectivity index (χ2v) is 27.8. The van der Waals surface area contributed by atoms with Gasteiger partial charge in [-0.05, 0) is 77.2 Å². The third kappa shape index (κ3) is 13.4. The fourth-order valence-electron chi connectivity index (χ4n) is 9.59. The van der Waals surface area contributed by atoms with Gasteiger partial charge in [-0.2, -0.15) is 0 Å². The van der Waals surface area contributed by atoms with Crippen LogP contribution in [0.25, 0.3) is 0 Å². The monoisotopic (exact) mass is 1020 g/mol. The molecule has 1 fully saturated rings. The van der Waals surface area contributed by atoms with Gasteiger partial charge >= 0.3 is 5.97 Å². The van der Waals surface area contributed by atoms with Crippen LogP contribution in [-0.2, 0) is 33.0 Å². The van der Waals surface area contributed by atoms with Crippen LogP contribution >= 0.6 is 23.5 Å². The van der Waals surface area contributed by atoms with Crippen molar-refractivity contribution in [2.45, 2.75) is 131 Å². The van der Waals surface area contributed by atoms with Crippen molar-refractivity contribution >= 4 is 49.6 Å². The lowest BCUT2D eigenvalue weighted by Gasteiger charge is -2.39. The van der Waals surface area contributed by atoms with Crippen molar-refractivity contribution in [2.24, 2.45) is 0 Å². The Morgan fingerprint density at radius 1 is 0.542 bits per heavy atom. The van der Waals surface area contributed by atoms with Gasteiger partial charge in [0.05, 0.1) is 22.0 Å². The molecule has 10 heteroatoms. The molecule has 0 spiro atoms. The van der Waals surface area contributed by atoms with E-state index in [0.717, 1.165) is 59.1 Å². The number of benzene rings is 6. The fourth-order valence-corrected chi connectivity index (χ4v) is 14.1. The highest BCUT2D eigenvalue weighted by molar-refractivity contribution is 8.01. The average molecular weight is 1020 g/mol. The highest BCUT2D eigenvalue weighted by Gasteiger charge is 2.43. The van der Waals surface area contributed by atoms with Crippen molar-refractivity contribution in [1.82, 2.24) is 10.6 Å². The molecule has 0 radical (unpaired) electrons. The normalized spacial score (nSPS) is 19.2. The molecule has 72 heavy (non-hydrogen) atoms. The molecule has 6 aromatic rings. The molecular formula is C62H74N2O5S2Si. The second kappa shape index (κ2) is 25.5. The summed E-state index contributed by atoms with van der Waals surface area (Å²) in [5.74, 6) is -0.826. The van der Waals surface area contributed by atoms with Crippen LogP contribution in [0.2, 0.25) is 18.1 Å². The number of ether oxygens (including phenoxy) is 1. The second-order valence-electron chi connectivity index (χ2n) is 20.6. The minimum absolute atomic E-state index is 0.0587. The SMILES string of the molecule is CCCC1CCCCCC(O[Si](C)(C)C(C)(C)C)CC(=O)NC(CSC(c2ccccc2)(c2ccccc2)c2ccccc2)C(=O)NC(CSC(c2ccccc2)(c2ccccc2)c2ccccc2)C(=O)O1. The van der Waals surface area contributed by atoms with E-state index in [2.05, 4.69) is 124 Å². The van der Waals surface area contributed by atoms with Gasteiger partial charge in [0.15, 0.2) is 8.32 Å².